The number of carboxylic acid groups (broad SMARTS) is 1. The Morgan fingerprint density at radius 1 is 1.13 bits per heavy atom. The van der Waals surface area contributed by atoms with Crippen molar-refractivity contribution in [3.63, 3.8) is 0 Å². The smallest absolute Gasteiger partial charge is 0.319 e. The molecule has 0 saturated heterocycles. The maximum atomic E-state index is 12.9. The van der Waals surface area contributed by atoms with Crippen molar-refractivity contribution >= 4 is 23.3 Å². The highest BCUT2D eigenvalue weighted by molar-refractivity contribution is 6.12. The van der Waals surface area contributed by atoms with Gasteiger partial charge in [-0.1, -0.05) is 6.07 Å². The summed E-state index contributed by atoms with van der Waals surface area (Å²) in [6, 6.07) is 8.53. The lowest BCUT2D eigenvalue weighted by atomic mass is 9.97. The molecule has 2 aromatic carbocycles. The topological polar surface area (TPSA) is 137 Å². The maximum absolute atomic E-state index is 12.9. The largest absolute Gasteiger partial charge is 0.493 e. The highest BCUT2D eigenvalue weighted by atomic mass is 16.6. The van der Waals surface area contributed by atoms with Gasteiger partial charge in [0.15, 0.2) is 16.9 Å². The summed E-state index contributed by atoms with van der Waals surface area (Å²) in [6.45, 7) is 0. The second-order valence-electron chi connectivity index (χ2n) is 6.75. The predicted molar refractivity (Wildman–Crippen MR) is 105 cm³/mol. The summed E-state index contributed by atoms with van der Waals surface area (Å²) in [5.41, 5.74) is -1.24. The van der Waals surface area contributed by atoms with Gasteiger partial charge in [-0.25, -0.2) is 0 Å². The third-order valence-corrected chi connectivity index (χ3v) is 5.15. The Morgan fingerprint density at radius 2 is 1.77 bits per heavy atom. The third kappa shape index (κ3) is 3.47. The van der Waals surface area contributed by atoms with Crippen molar-refractivity contribution in [1.29, 1.82) is 0 Å². The number of nitrogens with zero attached hydrogens (tertiary/aromatic N) is 1. The lowest BCUT2D eigenvalue weighted by molar-refractivity contribution is -0.384. The molecule has 0 bridgehead atoms. The number of methoxy groups -OCH3 is 3. The molecule has 158 valence electrons. The van der Waals surface area contributed by atoms with E-state index in [4.69, 9.17) is 14.2 Å². The molecule has 1 aliphatic carbocycles. The first-order valence-corrected chi connectivity index (χ1v) is 8.87. The first-order valence-electron chi connectivity index (χ1n) is 8.87. The van der Waals surface area contributed by atoms with Gasteiger partial charge in [-0.05, 0) is 30.2 Å². The van der Waals surface area contributed by atoms with Crippen LogP contribution in [0.4, 0.5) is 11.4 Å². The van der Waals surface area contributed by atoms with E-state index in [1.165, 1.54) is 45.6 Å². The van der Waals surface area contributed by atoms with Crippen molar-refractivity contribution in [2.75, 3.05) is 26.6 Å². The van der Waals surface area contributed by atoms with Crippen LogP contribution in [0.2, 0.25) is 0 Å². The summed E-state index contributed by atoms with van der Waals surface area (Å²) < 4.78 is 15.9. The van der Waals surface area contributed by atoms with Gasteiger partial charge in [-0.2, -0.15) is 0 Å². The van der Waals surface area contributed by atoms with Crippen LogP contribution >= 0.6 is 0 Å². The average Bonchev–Trinajstić information content (AvgIpc) is 3.50. The van der Waals surface area contributed by atoms with Gasteiger partial charge < -0.3 is 24.6 Å². The normalized spacial score (nSPS) is 19.5. The van der Waals surface area contributed by atoms with Gasteiger partial charge in [-0.3, -0.25) is 19.7 Å². The highest BCUT2D eigenvalue weighted by Crippen LogP contribution is 2.61. The van der Waals surface area contributed by atoms with E-state index in [0.717, 1.165) is 0 Å². The van der Waals surface area contributed by atoms with Crippen LogP contribution in [0.25, 0.3) is 0 Å². The van der Waals surface area contributed by atoms with E-state index in [2.05, 4.69) is 5.32 Å². The van der Waals surface area contributed by atoms with Crippen molar-refractivity contribution in [3.05, 3.63) is 52.1 Å². The molecule has 0 aromatic heterocycles. The van der Waals surface area contributed by atoms with E-state index >= 15 is 0 Å². The minimum Gasteiger partial charge on any atom is -0.493 e. The molecule has 2 N–H and O–H groups in total. The first kappa shape index (κ1) is 20.9. The lowest BCUT2D eigenvalue weighted by Gasteiger charge is -2.16. The van der Waals surface area contributed by atoms with E-state index in [1.807, 2.05) is 0 Å². The van der Waals surface area contributed by atoms with Gasteiger partial charge in [0.05, 0.1) is 26.3 Å². The molecule has 1 saturated carbocycles. The van der Waals surface area contributed by atoms with Crippen LogP contribution in [0.15, 0.2) is 36.4 Å². The third-order valence-electron chi connectivity index (χ3n) is 5.15. The summed E-state index contributed by atoms with van der Waals surface area (Å²) in [5.74, 6) is -1.64. The van der Waals surface area contributed by atoms with Gasteiger partial charge in [-0.15, -0.1) is 0 Å². The summed E-state index contributed by atoms with van der Waals surface area (Å²) in [7, 11) is 4.33. The number of nitro benzene ring substituents is 1. The Hall–Kier alpha value is -3.82. The van der Waals surface area contributed by atoms with Crippen molar-refractivity contribution in [1.82, 2.24) is 0 Å². The number of carbonyl (C=O) groups excluding carboxylic acids is 1. The zero-order chi connectivity index (χ0) is 22.1. The molecule has 1 aliphatic rings. The summed E-state index contributed by atoms with van der Waals surface area (Å²) in [5, 5.41) is 23.2. The summed E-state index contributed by atoms with van der Waals surface area (Å²) >= 11 is 0. The molecule has 3 rings (SSSR count). The number of non-ortho nitro benzene ring substituents is 1. The molecule has 1 amide bonds. The number of benzene rings is 2. The molecule has 2 unspecified atom stereocenters. The van der Waals surface area contributed by atoms with Crippen LogP contribution in [0.3, 0.4) is 0 Å². The Labute approximate surface area is 171 Å². The molecule has 0 heterocycles. The van der Waals surface area contributed by atoms with Gasteiger partial charge >= 0.3 is 5.97 Å². The van der Waals surface area contributed by atoms with E-state index in [-0.39, 0.29) is 17.8 Å². The van der Waals surface area contributed by atoms with Gasteiger partial charge in [0, 0.05) is 23.7 Å². The summed E-state index contributed by atoms with van der Waals surface area (Å²) in [6.07, 6.45) is 0.0573. The number of anilines is 1. The fourth-order valence-electron chi connectivity index (χ4n) is 3.49. The van der Waals surface area contributed by atoms with E-state index < -0.39 is 28.1 Å². The van der Waals surface area contributed by atoms with E-state index in [9.17, 15) is 24.8 Å². The molecule has 2 aromatic rings. The fourth-order valence-corrected chi connectivity index (χ4v) is 3.49. The van der Waals surface area contributed by atoms with Crippen molar-refractivity contribution in [2.45, 2.75) is 12.3 Å². The number of rotatable bonds is 8. The minimum atomic E-state index is -1.71. The highest BCUT2D eigenvalue weighted by Gasteiger charge is 2.67. The molecule has 10 nitrogen and oxygen atoms in total. The number of hydrogen-bond acceptors (Lipinski definition) is 7. The predicted octanol–water partition coefficient (Wildman–Crippen LogP) is 2.82. The van der Waals surface area contributed by atoms with E-state index in [0.29, 0.717) is 22.8 Å². The maximum Gasteiger partial charge on any atom is 0.319 e. The number of carbonyl (C=O) groups is 2. The van der Waals surface area contributed by atoms with Crippen LogP contribution in [-0.2, 0) is 9.59 Å². The van der Waals surface area contributed by atoms with Crippen LogP contribution in [0, 0.1) is 15.5 Å². The molecular weight excluding hydrogens is 396 g/mol. The number of nitrogens with one attached hydrogen (secondary N) is 1. The van der Waals surface area contributed by atoms with Crippen LogP contribution in [0.5, 0.6) is 17.2 Å². The Balaban J connectivity index is 1.93. The number of ether oxygens (including phenoxy) is 3. The van der Waals surface area contributed by atoms with Crippen LogP contribution in [0.1, 0.15) is 17.9 Å². The molecule has 0 spiro atoms. The number of hydrogen-bond donors (Lipinski definition) is 2. The number of aliphatic carboxylic acids is 1. The van der Waals surface area contributed by atoms with Crippen molar-refractivity contribution in [3.8, 4) is 17.2 Å². The monoisotopic (exact) mass is 416 g/mol. The number of carboxylic acids is 1. The van der Waals surface area contributed by atoms with Crippen LogP contribution in [-0.4, -0.2) is 43.2 Å². The lowest BCUT2D eigenvalue weighted by Crippen LogP contribution is -2.33. The minimum absolute atomic E-state index is 0.0573. The quantitative estimate of drug-likeness (QED) is 0.381. The zero-order valence-electron chi connectivity index (χ0n) is 16.5. The van der Waals surface area contributed by atoms with Gasteiger partial charge in [0.1, 0.15) is 0 Å². The van der Waals surface area contributed by atoms with Crippen molar-refractivity contribution < 1.29 is 33.8 Å². The van der Waals surface area contributed by atoms with E-state index in [1.54, 1.807) is 12.1 Å². The second-order valence-corrected chi connectivity index (χ2v) is 6.75. The molecule has 30 heavy (non-hydrogen) atoms. The number of nitro groups is 1. The molecule has 2 atom stereocenters. The van der Waals surface area contributed by atoms with Gasteiger partial charge in [0.25, 0.3) is 5.69 Å². The zero-order valence-corrected chi connectivity index (χ0v) is 16.5. The Kier molecular flexibility index (Phi) is 5.50. The molecule has 1 fully saturated rings. The Morgan fingerprint density at radius 3 is 2.27 bits per heavy atom. The average molecular weight is 416 g/mol. The SMILES string of the molecule is COc1cc(C2CC2(C(=O)O)C(=O)Nc2cccc([N+](=O)[O-])c2)cc(OC)c1OC. The molecular formula is C20H20N2O8. The number of amides is 1. The molecule has 10 heteroatoms. The fraction of sp³-hybridized carbons (Fsp3) is 0.300. The first-order chi connectivity index (χ1) is 14.3. The van der Waals surface area contributed by atoms with Gasteiger partial charge in [0.2, 0.25) is 11.7 Å². The molecule has 0 radical (unpaired) electrons. The molecule has 0 aliphatic heterocycles. The summed E-state index contributed by atoms with van der Waals surface area (Å²) in [4.78, 5) is 35.3. The Bertz CT molecular complexity index is 997. The second kappa shape index (κ2) is 7.90. The van der Waals surface area contributed by atoms with Crippen molar-refractivity contribution in [2.24, 2.45) is 5.41 Å². The standard InChI is InChI=1S/C20H20N2O8/c1-28-15-7-11(8-16(29-2)17(15)30-3)14-10-20(14,19(24)25)18(23)21-12-5-4-6-13(9-12)22(26)27/h4-9,14H,10H2,1-3H3,(H,21,23)(H,24,25). The van der Waals surface area contributed by atoms with Crippen LogP contribution < -0.4 is 19.5 Å².